The predicted molar refractivity (Wildman–Crippen MR) is 138 cm³/mol. The molecule has 204 valence electrons. The summed E-state index contributed by atoms with van der Waals surface area (Å²) in [6, 6.07) is 11.1. The highest BCUT2D eigenvalue weighted by Gasteiger charge is 2.66. The van der Waals surface area contributed by atoms with Crippen LogP contribution in [0.1, 0.15) is 47.9 Å². The Labute approximate surface area is 225 Å². The Morgan fingerprint density at radius 3 is 2.69 bits per heavy atom. The van der Waals surface area contributed by atoms with Crippen molar-refractivity contribution >= 4 is 5.91 Å². The molecule has 0 aromatic heterocycles. The number of carbonyl (C=O) groups excluding carboxylic acids is 1. The third-order valence-corrected chi connectivity index (χ3v) is 10.00. The zero-order chi connectivity index (χ0) is 27.1. The van der Waals surface area contributed by atoms with Crippen LogP contribution in [-0.2, 0) is 22.8 Å². The number of carbonyl (C=O) groups is 1. The van der Waals surface area contributed by atoms with E-state index in [1.807, 2.05) is 0 Å². The van der Waals surface area contributed by atoms with Gasteiger partial charge in [0.15, 0.2) is 0 Å². The van der Waals surface area contributed by atoms with Crippen molar-refractivity contribution in [2.75, 3.05) is 20.1 Å². The third kappa shape index (κ3) is 3.88. The van der Waals surface area contributed by atoms with Gasteiger partial charge in [-0.1, -0.05) is 18.1 Å². The smallest absolute Gasteiger partial charge is 0.416 e. The minimum atomic E-state index is -4.41. The van der Waals surface area contributed by atoms with Crippen molar-refractivity contribution in [3.63, 3.8) is 0 Å². The van der Waals surface area contributed by atoms with Gasteiger partial charge in [-0.25, -0.2) is 0 Å². The molecule has 2 saturated carbocycles. The van der Waals surface area contributed by atoms with Crippen LogP contribution >= 0.6 is 0 Å². The molecule has 2 bridgehead atoms. The van der Waals surface area contributed by atoms with E-state index >= 15 is 0 Å². The second kappa shape index (κ2) is 8.74. The van der Waals surface area contributed by atoms with Crippen LogP contribution in [-0.4, -0.2) is 65.2 Å². The molecule has 1 N–H and O–H groups in total. The number of aliphatic hydroxyl groups excluding tert-OH is 1. The molecule has 2 aromatic rings. The Hall–Kier alpha value is -3.02. The SMILES string of the molecule is CN(C(=O)C#Cc1ccc(C(F)(F)F)cc1)[C@H]1CC[C@H]2[C@H]3Cc4cccc5c4[C@@]2(CCN3CC2CC2O)[C@H]1O5. The Morgan fingerprint density at radius 2 is 1.97 bits per heavy atom. The molecule has 2 aliphatic heterocycles. The summed E-state index contributed by atoms with van der Waals surface area (Å²) in [5.74, 6) is 6.79. The van der Waals surface area contributed by atoms with Gasteiger partial charge in [0, 0.05) is 48.0 Å². The van der Waals surface area contributed by atoms with E-state index in [0.29, 0.717) is 23.4 Å². The van der Waals surface area contributed by atoms with E-state index in [0.717, 1.165) is 63.1 Å². The summed E-state index contributed by atoms with van der Waals surface area (Å²) in [5, 5.41) is 9.99. The molecule has 7 rings (SSSR count). The first-order valence-corrected chi connectivity index (χ1v) is 13.8. The first-order valence-electron chi connectivity index (χ1n) is 13.8. The number of likely N-dealkylation sites (N-methyl/N-ethyl adjacent to an activating group) is 1. The average Bonchev–Trinajstić information content (AvgIpc) is 3.50. The standard InChI is InChI=1S/C31H31F3N2O3/c1-35(27(38)12-7-18-5-8-21(9-6-18)31(32,33)34)23-11-10-22-24-15-19-3-2-4-26-28(19)30(22,29(23)39-26)13-14-36(24)17-20-16-25(20)37/h2-6,8-9,20,22-25,29,37H,10-11,13-17H2,1H3/t20?,22-,23-,24+,25?,29-,30-/m0/s1. The van der Waals surface area contributed by atoms with Gasteiger partial charge in [-0.15, -0.1) is 0 Å². The molecule has 3 fully saturated rings. The Morgan fingerprint density at radius 1 is 1.21 bits per heavy atom. The molecular weight excluding hydrogens is 505 g/mol. The Bertz CT molecular complexity index is 1380. The van der Waals surface area contributed by atoms with Crippen molar-refractivity contribution < 1.29 is 27.8 Å². The van der Waals surface area contributed by atoms with Crippen LogP contribution < -0.4 is 4.74 Å². The van der Waals surface area contributed by atoms with Crippen LogP contribution in [0.2, 0.25) is 0 Å². The number of rotatable bonds is 3. The van der Waals surface area contributed by atoms with E-state index in [2.05, 4.69) is 34.9 Å². The minimum absolute atomic E-state index is 0.147. The number of ether oxygens (including phenoxy) is 1. The molecule has 1 amide bonds. The van der Waals surface area contributed by atoms with Gasteiger partial charge in [0.25, 0.3) is 5.91 Å². The van der Waals surface area contributed by atoms with Gasteiger partial charge >= 0.3 is 6.18 Å². The zero-order valence-corrected chi connectivity index (χ0v) is 21.7. The van der Waals surface area contributed by atoms with E-state index in [-0.39, 0.29) is 29.6 Å². The van der Waals surface area contributed by atoms with Crippen molar-refractivity contribution in [3.05, 3.63) is 64.7 Å². The highest BCUT2D eigenvalue weighted by Crippen LogP contribution is 2.62. The number of nitrogens with zero attached hydrogens (tertiary/aromatic N) is 2. The minimum Gasteiger partial charge on any atom is -0.487 e. The van der Waals surface area contributed by atoms with Gasteiger partial charge in [0.1, 0.15) is 11.9 Å². The fourth-order valence-corrected chi connectivity index (χ4v) is 8.03. The summed E-state index contributed by atoms with van der Waals surface area (Å²) in [7, 11) is 1.77. The quantitative estimate of drug-likeness (QED) is 0.603. The maximum atomic E-state index is 13.2. The summed E-state index contributed by atoms with van der Waals surface area (Å²) < 4.78 is 45.3. The van der Waals surface area contributed by atoms with E-state index in [1.54, 1.807) is 11.9 Å². The lowest BCUT2D eigenvalue weighted by Crippen LogP contribution is -2.69. The van der Waals surface area contributed by atoms with E-state index in [1.165, 1.54) is 23.3 Å². The van der Waals surface area contributed by atoms with Gasteiger partial charge in [0.2, 0.25) is 0 Å². The molecule has 39 heavy (non-hydrogen) atoms. The van der Waals surface area contributed by atoms with Crippen LogP contribution in [0, 0.1) is 23.7 Å². The molecule has 2 unspecified atom stereocenters. The summed E-state index contributed by atoms with van der Waals surface area (Å²) in [6.07, 6.45) is -0.0953. The summed E-state index contributed by atoms with van der Waals surface area (Å²) in [5.41, 5.74) is 2.16. The summed E-state index contributed by atoms with van der Waals surface area (Å²) >= 11 is 0. The molecule has 3 aliphatic carbocycles. The van der Waals surface area contributed by atoms with Crippen molar-refractivity contribution in [3.8, 4) is 17.6 Å². The molecule has 8 heteroatoms. The zero-order valence-electron chi connectivity index (χ0n) is 21.7. The van der Waals surface area contributed by atoms with Gasteiger partial charge < -0.3 is 14.7 Å². The second-order valence-electron chi connectivity index (χ2n) is 11.9. The average molecular weight is 537 g/mol. The molecule has 1 spiro atoms. The largest absolute Gasteiger partial charge is 0.487 e. The van der Waals surface area contributed by atoms with Crippen LogP contribution in [0.15, 0.2) is 42.5 Å². The Balaban J connectivity index is 1.15. The van der Waals surface area contributed by atoms with E-state index in [4.69, 9.17) is 4.74 Å². The monoisotopic (exact) mass is 536 g/mol. The fourth-order valence-electron chi connectivity index (χ4n) is 8.03. The number of hydrogen-bond acceptors (Lipinski definition) is 4. The predicted octanol–water partition coefficient (Wildman–Crippen LogP) is 4.00. The molecular formula is C31H31F3N2O3. The normalized spacial score (nSPS) is 33.9. The lowest BCUT2D eigenvalue weighted by Gasteiger charge is -2.60. The third-order valence-electron chi connectivity index (χ3n) is 10.00. The van der Waals surface area contributed by atoms with Crippen LogP contribution in [0.4, 0.5) is 13.2 Å². The highest BCUT2D eigenvalue weighted by molar-refractivity contribution is 5.94. The number of hydrogen-bond donors (Lipinski definition) is 1. The van der Waals surface area contributed by atoms with Crippen molar-refractivity contribution in [2.45, 2.75) is 68.0 Å². The number of halogens is 3. The van der Waals surface area contributed by atoms with Crippen LogP contribution in [0.25, 0.3) is 0 Å². The van der Waals surface area contributed by atoms with Gasteiger partial charge in [0.05, 0.1) is 17.7 Å². The van der Waals surface area contributed by atoms with E-state index in [9.17, 15) is 23.1 Å². The van der Waals surface area contributed by atoms with Crippen molar-refractivity contribution in [1.29, 1.82) is 0 Å². The first-order chi connectivity index (χ1) is 18.7. The molecule has 5 nitrogen and oxygen atoms in total. The lowest BCUT2D eigenvalue weighted by atomic mass is 9.51. The molecule has 0 radical (unpaired) electrons. The maximum absolute atomic E-state index is 13.2. The summed E-state index contributed by atoms with van der Waals surface area (Å²) in [4.78, 5) is 17.5. The molecule has 2 aromatic carbocycles. The molecule has 1 saturated heterocycles. The van der Waals surface area contributed by atoms with Crippen molar-refractivity contribution in [2.24, 2.45) is 11.8 Å². The van der Waals surface area contributed by atoms with Crippen LogP contribution in [0.5, 0.6) is 5.75 Å². The first kappa shape index (κ1) is 25.0. The maximum Gasteiger partial charge on any atom is 0.416 e. The van der Waals surface area contributed by atoms with E-state index < -0.39 is 11.7 Å². The van der Waals surface area contributed by atoms with Crippen LogP contribution in [0.3, 0.4) is 0 Å². The topological polar surface area (TPSA) is 53.0 Å². The fraction of sp³-hybridized carbons (Fsp3) is 0.516. The lowest BCUT2D eigenvalue weighted by molar-refractivity contribution is -0.137. The van der Waals surface area contributed by atoms with Crippen molar-refractivity contribution in [1.82, 2.24) is 9.80 Å². The molecule has 5 aliphatic rings. The summed E-state index contributed by atoms with van der Waals surface area (Å²) in [6.45, 7) is 1.90. The van der Waals surface area contributed by atoms with Gasteiger partial charge in [-0.3, -0.25) is 9.69 Å². The Kier molecular flexibility index (Phi) is 5.60. The van der Waals surface area contributed by atoms with Gasteiger partial charge in [-0.05, 0) is 80.5 Å². The highest BCUT2D eigenvalue weighted by atomic mass is 19.4. The molecule has 2 heterocycles. The number of benzene rings is 2. The number of aliphatic hydroxyl groups is 1. The number of amides is 1. The number of piperidine rings is 1. The number of likely N-dealkylation sites (tertiary alicyclic amines) is 1. The second-order valence-corrected chi connectivity index (χ2v) is 11.9. The van der Waals surface area contributed by atoms with Gasteiger partial charge in [-0.2, -0.15) is 13.2 Å². The molecule has 7 atom stereocenters. The number of alkyl halides is 3.